The van der Waals surface area contributed by atoms with E-state index in [1.54, 1.807) is 7.11 Å². The summed E-state index contributed by atoms with van der Waals surface area (Å²) in [4.78, 5) is 7.32. The Bertz CT molecular complexity index is 750. The number of methoxy groups -OCH3 is 1. The topological polar surface area (TPSA) is 83.0 Å². The number of hydrogen-bond acceptors (Lipinski definition) is 5. The number of likely N-dealkylation sites (tertiary alicyclic amines) is 1. The highest BCUT2D eigenvalue weighted by atomic mass is 127. The van der Waals surface area contributed by atoms with Crippen LogP contribution >= 0.6 is 24.0 Å². The van der Waals surface area contributed by atoms with Crippen molar-refractivity contribution in [2.45, 2.75) is 45.2 Å². The normalized spacial score (nSPS) is 17.1. The maximum absolute atomic E-state index is 11.4. The van der Waals surface area contributed by atoms with Crippen molar-refractivity contribution in [2.24, 2.45) is 4.99 Å². The molecule has 2 rings (SSSR count). The number of ether oxygens (including phenoxy) is 1. The van der Waals surface area contributed by atoms with Crippen LogP contribution in [0.25, 0.3) is 0 Å². The Morgan fingerprint density at radius 1 is 1.23 bits per heavy atom. The first-order chi connectivity index (χ1) is 13.8. The minimum Gasteiger partial charge on any atom is -0.497 e. The monoisotopic (exact) mass is 552 g/mol. The van der Waals surface area contributed by atoms with Gasteiger partial charge in [-0.25, -0.2) is 8.42 Å². The Hall–Kier alpha value is -1.07. The molecule has 1 fully saturated rings. The molecule has 0 radical (unpaired) electrons. The van der Waals surface area contributed by atoms with Gasteiger partial charge >= 0.3 is 0 Å². The maximum Gasteiger partial charge on any atom is 0.191 e. The molecule has 9 heteroatoms. The van der Waals surface area contributed by atoms with Gasteiger partial charge in [0.15, 0.2) is 5.96 Å². The van der Waals surface area contributed by atoms with Crippen LogP contribution in [-0.4, -0.2) is 70.6 Å². The minimum atomic E-state index is -2.96. The lowest BCUT2D eigenvalue weighted by atomic mass is 10.1. The Kier molecular flexibility index (Phi) is 12.0. The first kappa shape index (κ1) is 27.0. The van der Waals surface area contributed by atoms with Crippen LogP contribution in [0.1, 0.15) is 44.7 Å². The van der Waals surface area contributed by atoms with Gasteiger partial charge in [-0.1, -0.05) is 12.1 Å². The van der Waals surface area contributed by atoms with Gasteiger partial charge in [0.05, 0.1) is 25.4 Å². The van der Waals surface area contributed by atoms with Crippen molar-refractivity contribution in [1.29, 1.82) is 0 Å². The van der Waals surface area contributed by atoms with Crippen LogP contribution in [0.5, 0.6) is 5.75 Å². The molecule has 7 nitrogen and oxygen atoms in total. The summed E-state index contributed by atoms with van der Waals surface area (Å²) in [5, 5.41) is 6.62. The average molecular weight is 553 g/mol. The third-order valence-electron chi connectivity index (χ3n) is 5.15. The van der Waals surface area contributed by atoms with Gasteiger partial charge in [0, 0.05) is 18.8 Å². The summed E-state index contributed by atoms with van der Waals surface area (Å²) in [5.74, 6) is 1.75. The largest absolute Gasteiger partial charge is 0.497 e. The van der Waals surface area contributed by atoms with Gasteiger partial charge in [-0.05, 0) is 63.9 Å². The van der Waals surface area contributed by atoms with Crippen LogP contribution in [0.2, 0.25) is 0 Å². The molecule has 0 spiro atoms. The van der Waals surface area contributed by atoms with Crippen molar-refractivity contribution < 1.29 is 13.2 Å². The molecule has 2 N–H and O–H groups in total. The molecule has 0 aliphatic carbocycles. The van der Waals surface area contributed by atoms with Crippen molar-refractivity contribution in [1.82, 2.24) is 15.5 Å². The van der Waals surface area contributed by atoms with Crippen molar-refractivity contribution in [3.05, 3.63) is 29.8 Å². The molecular weight excluding hydrogens is 515 g/mol. The summed E-state index contributed by atoms with van der Waals surface area (Å²) in [6.07, 6.45) is 4.26. The predicted molar refractivity (Wildman–Crippen MR) is 135 cm³/mol. The predicted octanol–water partition coefficient (Wildman–Crippen LogP) is 2.83. The molecule has 2 unspecified atom stereocenters. The second kappa shape index (κ2) is 13.4. The highest BCUT2D eigenvalue weighted by Crippen LogP contribution is 2.27. The van der Waals surface area contributed by atoms with E-state index in [0.717, 1.165) is 31.3 Å². The third kappa shape index (κ3) is 9.38. The maximum atomic E-state index is 11.4. The number of nitrogens with zero attached hydrogens (tertiary/aromatic N) is 2. The quantitative estimate of drug-likeness (QED) is 0.264. The standard InChI is InChI=1S/C21H36N4O3S.HI/c1-5-22-21(24-17(2)12-15-29(4,26)27)23-16-20(25-13-6-7-14-25)18-8-10-19(28-3)11-9-18;/h8-11,17,20H,5-7,12-16H2,1-4H3,(H2,22,23,24);1H. The van der Waals surface area contributed by atoms with Gasteiger partial charge in [-0.15, -0.1) is 24.0 Å². The van der Waals surface area contributed by atoms with Crippen molar-refractivity contribution in [3.8, 4) is 5.75 Å². The number of benzene rings is 1. The van der Waals surface area contributed by atoms with Crippen LogP contribution < -0.4 is 15.4 Å². The molecule has 1 aliphatic rings. The second-order valence-corrected chi connectivity index (χ2v) is 9.98. The zero-order valence-electron chi connectivity index (χ0n) is 18.6. The number of hydrogen-bond donors (Lipinski definition) is 2. The number of halogens is 1. The summed E-state index contributed by atoms with van der Waals surface area (Å²) < 4.78 is 28.1. The van der Waals surface area contributed by atoms with Crippen LogP contribution in [0, 0.1) is 0 Å². The van der Waals surface area contributed by atoms with Crippen LogP contribution in [0.4, 0.5) is 0 Å². The van der Waals surface area contributed by atoms with Crippen LogP contribution in [-0.2, 0) is 9.84 Å². The lowest BCUT2D eigenvalue weighted by molar-refractivity contribution is 0.251. The fourth-order valence-corrected chi connectivity index (χ4v) is 4.29. The minimum absolute atomic E-state index is 0. The molecule has 172 valence electrons. The van der Waals surface area contributed by atoms with Crippen LogP contribution in [0.3, 0.4) is 0 Å². The molecule has 0 bridgehead atoms. The Labute approximate surface area is 199 Å². The summed E-state index contributed by atoms with van der Waals surface area (Å²) >= 11 is 0. The Morgan fingerprint density at radius 2 is 1.87 bits per heavy atom. The zero-order valence-corrected chi connectivity index (χ0v) is 21.7. The number of rotatable bonds is 10. The lowest BCUT2D eigenvalue weighted by Crippen LogP contribution is -2.43. The third-order valence-corrected chi connectivity index (χ3v) is 6.13. The lowest BCUT2D eigenvalue weighted by Gasteiger charge is -2.27. The number of aliphatic imine (C=N–C) groups is 1. The second-order valence-electron chi connectivity index (χ2n) is 7.72. The first-order valence-electron chi connectivity index (χ1n) is 10.4. The highest BCUT2D eigenvalue weighted by molar-refractivity contribution is 14.0. The van der Waals surface area contributed by atoms with E-state index < -0.39 is 9.84 Å². The molecule has 0 saturated carbocycles. The molecule has 1 aromatic rings. The molecule has 1 heterocycles. The zero-order chi connectivity index (χ0) is 21.3. The van der Waals surface area contributed by atoms with E-state index in [0.29, 0.717) is 13.0 Å². The fourth-order valence-electron chi connectivity index (χ4n) is 3.51. The summed E-state index contributed by atoms with van der Waals surface area (Å²) in [6, 6.07) is 8.47. The molecule has 1 aromatic carbocycles. The smallest absolute Gasteiger partial charge is 0.191 e. The van der Waals surface area contributed by atoms with E-state index in [9.17, 15) is 8.42 Å². The molecule has 0 amide bonds. The van der Waals surface area contributed by atoms with Gasteiger partial charge < -0.3 is 15.4 Å². The van der Waals surface area contributed by atoms with Crippen molar-refractivity contribution in [2.75, 3.05) is 45.3 Å². The van der Waals surface area contributed by atoms with E-state index in [4.69, 9.17) is 9.73 Å². The van der Waals surface area contributed by atoms with E-state index >= 15 is 0 Å². The van der Waals surface area contributed by atoms with Gasteiger partial charge in [0.2, 0.25) is 0 Å². The van der Waals surface area contributed by atoms with Crippen LogP contribution in [0.15, 0.2) is 29.3 Å². The van der Waals surface area contributed by atoms with E-state index in [-0.39, 0.29) is 41.8 Å². The van der Waals surface area contributed by atoms with Gasteiger partial charge in [0.25, 0.3) is 0 Å². The average Bonchev–Trinajstić information content (AvgIpc) is 3.21. The molecule has 2 atom stereocenters. The Balaban J connectivity index is 0.00000450. The Morgan fingerprint density at radius 3 is 2.40 bits per heavy atom. The summed E-state index contributed by atoms with van der Waals surface area (Å²) in [6.45, 7) is 7.57. The van der Waals surface area contributed by atoms with Gasteiger partial charge in [-0.2, -0.15) is 0 Å². The van der Waals surface area contributed by atoms with E-state index in [1.807, 2.05) is 26.0 Å². The molecular formula is C21H37IN4O3S. The van der Waals surface area contributed by atoms with Gasteiger partial charge in [-0.3, -0.25) is 9.89 Å². The number of sulfone groups is 1. The SMILES string of the molecule is CCNC(=NCC(c1ccc(OC)cc1)N1CCCC1)NC(C)CCS(C)(=O)=O.I. The van der Waals surface area contributed by atoms with Gasteiger partial charge in [0.1, 0.15) is 15.6 Å². The van der Waals surface area contributed by atoms with Crippen molar-refractivity contribution in [3.63, 3.8) is 0 Å². The summed E-state index contributed by atoms with van der Waals surface area (Å²) in [7, 11) is -1.29. The van der Waals surface area contributed by atoms with E-state index in [1.165, 1.54) is 24.7 Å². The summed E-state index contributed by atoms with van der Waals surface area (Å²) in [5.41, 5.74) is 1.23. The number of nitrogens with one attached hydrogen (secondary N) is 2. The number of guanidine groups is 1. The highest BCUT2D eigenvalue weighted by Gasteiger charge is 2.23. The van der Waals surface area contributed by atoms with E-state index in [2.05, 4.69) is 27.7 Å². The fraction of sp³-hybridized carbons (Fsp3) is 0.667. The molecule has 1 aliphatic heterocycles. The first-order valence-corrected chi connectivity index (χ1v) is 12.5. The molecule has 1 saturated heterocycles. The molecule has 0 aromatic heterocycles. The van der Waals surface area contributed by atoms with Crippen molar-refractivity contribution >= 4 is 39.8 Å². The molecule has 30 heavy (non-hydrogen) atoms.